The number of esters is 1. The van der Waals surface area contributed by atoms with Crippen LogP contribution < -0.4 is 0 Å². The molecule has 12 heavy (non-hydrogen) atoms. The van der Waals surface area contributed by atoms with Crippen molar-refractivity contribution in [3.05, 3.63) is 0 Å². The van der Waals surface area contributed by atoms with Gasteiger partial charge in [0, 0.05) is 6.61 Å². The zero-order chi connectivity index (χ0) is 8.72. The Balaban J connectivity index is 2.01. The molecule has 68 valence electrons. The van der Waals surface area contributed by atoms with Gasteiger partial charge in [0.2, 0.25) is 0 Å². The van der Waals surface area contributed by atoms with E-state index in [2.05, 4.69) is 0 Å². The van der Waals surface area contributed by atoms with E-state index < -0.39 is 0 Å². The summed E-state index contributed by atoms with van der Waals surface area (Å²) in [5, 5.41) is 8.98. The van der Waals surface area contributed by atoms with Crippen molar-refractivity contribution in [1.82, 2.24) is 0 Å². The second-order valence-corrected chi connectivity index (χ2v) is 3.89. The third-order valence-electron chi connectivity index (χ3n) is 3.46. The molecule has 0 spiro atoms. The van der Waals surface area contributed by atoms with E-state index in [0.717, 1.165) is 12.8 Å². The van der Waals surface area contributed by atoms with Crippen LogP contribution in [0.15, 0.2) is 0 Å². The van der Waals surface area contributed by atoms with Crippen LogP contribution in [0.1, 0.15) is 12.8 Å². The highest BCUT2D eigenvalue weighted by Gasteiger charge is 2.56. The summed E-state index contributed by atoms with van der Waals surface area (Å²) in [4.78, 5) is 11.2. The SMILES string of the molecule is COC(=O)[C@H]1[C@@H]2C[C@@H](CO)[C@H]1C2. The highest BCUT2D eigenvalue weighted by Crippen LogP contribution is 2.57. The minimum absolute atomic E-state index is 0.0767. The van der Waals surface area contributed by atoms with E-state index in [1.165, 1.54) is 7.11 Å². The Hall–Kier alpha value is -0.570. The normalized spacial score (nSPS) is 43.8. The van der Waals surface area contributed by atoms with Crippen LogP contribution >= 0.6 is 0 Å². The van der Waals surface area contributed by atoms with Gasteiger partial charge in [0.25, 0.3) is 0 Å². The molecule has 0 radical (unpaired) electrons. The van der Waals surface area contributed by atoms with Crippen LogP contribution in [0.3, 0.4) is 0 Å². The molecule has 0 amide bonds. The van der Waals surface area contributed by atoms with E-state index in [4.69, 9.17) is 9.84 Å². The second-order valence-electron chi connectivity index (χ2n) is 3.89. The maximum atomic E-state index is 11.2. The first kappa shape index (κ1) is 8.05. The molecule has 2 bridgehead atoms. The second kappa shape index (κ2) is 2.73. The number of carbonyl (C=O) groups is 1. The van der Waals surface area contributed by atoms with Crippen molar-refractivity contribution in [2.24, 2.45) is 23.7 Å². The van der Waals surface area contributed by atoms with Crippen LogP contribution in [0.5, 0.6) is 0 Å². The maximum absolute atomic E-state index is 11.2. The van der Waals surface area contributed by atoms with Gasteiger partial charge in [-0.2, -0.15) is 0 Å². The zero-order valence-electron chi connectivity index (χ0n) is 7.19. The molecular weight excluding hydrogens is 156 g/mol. The molecule has 0 aromatic heterocycles. The average Bonchev–Trinajstić information content (AvgIpc) is 2.59. The summed E-state index contributed by atoms with van der Waals surface area (Å²) in [7, 11) is 1.44. The Morgan fingerprint density at radius 3 is 2.83 bits per heavy atom. The van der Waals surface area contributed by atoms with Crippen LogP contribution in [-0.4, -0.2) is 24.8 Å². The minimum Gasteiger partial charge on any atom is -0.469 e. The monoisotopic (exact) mass is 170 g/mol. The van der Waals surface area contributed by atoms with E-state index in [1.807, 2.05) is 0 Å². The van der Waals surface area contributed by atoms with Crippen molar-refractivity contribution >= 4 is 5.97 Å². The molecule has 3 aliphatic carbocycles. The molecule has 3 nitrogen and oxygen atoms in total. The third kappa shape index (κ3) is 0.891. The van der Waals surface area contributed by atoms with Gasteiger partial charge in [-0.3, -0.25) is 4.79 Å². The Morgan fingerprint density at radius 1 is 1.58 bits per heavy atom. The lowest BCUT2D eigenvalue weighted by molar-refractivity contribution is -0.153. The van der Waals surface area contributed by atoms with Gasteiger partial charge in [0.15, 0.2) is 0 Å². The summed E-state index contributed by atoms with van der Waals surface area (Å²) in [6.45, 7) is 0.231. The number of methoxy groups -OCH3 is 1. The molecule has 0 aromatic rings. The fraction of sp³-hybridized carbons (Fsp3) is 0.889. The summed E-state index contributed by atoms with van der Waals surface area (Å²) in [5.41, 5.74) is 0. The first-order valence-corrected chi connectivity index (χ1v) is 4.46. The predicted octanol–water partition coefficient (Wildman–Crippen LogP) is 0.424. The first-order valence-electron chi connectivity index (χ1n) is 4.46. The summed E-state index contributed by atoms with van der Waals surface area (Å²) < 4.78 is 4.71. The highest BCUT2D eigenvalue weighted by molar-refractivity contribution is 5.74. The molecule has 1 N–H and O–H groups in total. The van der Waals surface area contributed by atoms with Crippen molar-refractivity contribution in [3.63, 3.8) is 0 Å². The largest absolute Gasteiger partial charge is 0.469 e. The third-order valence-corrected chi connectivity index (χ3v) is 3.46. The fourth-order valence-electron chi connectivity index (χ4n) is 2.80. The number of ether oxygens (including phenoxy) is 1. The first-order chi connectivity index (χ1) is 5.77. The van der Waals surface area contributed by atoms with Crippen molar-refractivity contribution < 1.29 is 14.6 Å². The number of rotatable bonds is 2. The van der Waals surface area contributed by atoms with Gasteiger partial charge >= 0.3 is 5.97 Å². The van der Waals surface area contributed by atoms with Crippen LogP contribution in [0, 0.1) is 23.7 Å². The average molecular weight is 170 g/mol. The van der Waals surface area contributed by atoms with Crippen LogP contribution in [0.4, 0.5) is 0 Å². The fourth-order valence-corrected chi connectivity index (χ4v) is 2.80. The summed E-state index contributed by atoms with van der Waals surface area (Å²) >= 11 is 0. The molecule has 4 atom stereocenters. The molecule has 3 saturated carbocycles. The van der Waals surface area contributed by atoms with E-state index in [0.29, 0.717) is 17.8 Å². The lowest BCUT2D eigenvalue weighted by Gasteiger charge is -2.34. The van der Waals surface area contributed by atoms with Crippen LogP contribution in [-0.2, 0) is 9.53 Å². The van der Waals surface area contributed by atoms with Crippen molar-refractivity contribution in [1.29, 1.82) is 0 Å². The molecule has 0 saturated heterocycles. The predicted molar refractivity (Wildman–Crippen MR) is 42.3 cm³/mol. The Morgan fingerprint density at radius 2 is 2.33 bits per heavy atom. The Kier molecular flexibility index (Phi) is 1.83. The molecule has 3 aliphatic rings. The lowest BCUT2D eigenvalue weighted by Crippen LogP contribution is -2.37. The lowest BCUT2D eigenvalue weighted by atomic mass is 9.71. The topological polar surface area (TPSA) is 46.5 Å². The van der Waals surface area contributed by atoms with Crippen molar-refractivity contribution in [3.8, 4) is 0 Å². The number of carbonyl (C=O) groups excluding carboxylic acids is 1. The Labute approximate surface area is 71.7 Å². The van der Waals surface area contributed by atoms with Crippen LogP contribution in [0.25, 0.3) is 0 Å². The molecule has 0 unspecified atom stereocenters. The van der Waals surface area contributed by atoms with Gasteiger partial charge in [0.05, 0.1) is 13.0 Å². The van der Waals surface area contributed by atoms with Crippen molar-refractivity contribution in [2.75, 3.05) is 13.7 Å². The molecular formula is C9H14O3. The van der Waals surface area contributed by atoms with Crippen LogP contribution in [0.2, 0.25) is 0 Å². The quantitative estimate of drug-likeness (QED) is 0.611. The zero-order valence-corrected chi connectivity index (χ0v) is 7.19. The Bertz CT molecular complexity index is 202. The molecule has 0 heterocycles. The van der Waals surface area contributed by atoms with Crippen molar-refractivity contribution in [2.45, 2.75) is 12.8 Å². The molecule has 3 rings (SSSR count). The number of fused-ring (bicyclic) bond motifs is 1. The maximum Gasteiger partial charge on any atom is 0.309 e. The van der Waals surface area contributed by atoms with Gasteiger partial charge in [-0.1, -0.05) is 0 Å². The van der Waals surface area contributed by atoms with Gasteiger partial charge in [-0.25, -0.2) is 0 Å². The summed E-state index contributed by atoms with van der Waals surface area (Å²) in [6.07, 6.45) is 2.13. The number of aliphatic hydroxyl groups excluding tert-OH is 1. The van der Waals surface area contributed by atoms with Gasteiger partial charge in [0.1, 0.15) is 0 Å². The van der Waals surface area contributed by atoms with E-state index >= 15 is 0 Å². The molecule has 0 aromatic carbocycles. The highest BCUT2D eigenvalue weighted by atomic mass is 16.5. The smallest absolute Gasteiger partial charge is 0.309 e. The van der Waals surface area contributed by atoms with Gasteiger partial charge in [-0.05, 0) is 30.6 Å². The number of aliphatic hydroxyl groups is 1. The van der Waals surface area contributed by atoms with E-state index in [-0.39, 0.29) is 18.5 Å². The van der Waals surface area contributed by atoms with E-state index in [9.17, 15) is 4.79 Å². The number of hydrogen-bond donors (Lipinski definition) is 1. The molecule has 0 aliphatic heterocycles. The standard InChI is InChI=1S/C9H14O3/c1-12-9(11)8-5-2-6(4-10)7(8)3-5/h5-8,10H,2-4H2,1H3/t5-,6+,7-,8+/m1/s1. The number of hydrogen-bond acceptors (Lipinski definition) is 3. The molecule has 3 fully saturated rings. The van der Waals surface area contributed by atoms with E-state index in [1.54, 1.807) is 0 Å². The summed E-state index contributed by atoms with van der Waals surface area (Å²) in [5.74, 6) is 1.30. The van der Waals surface area contributed by atoms with Gasteiger partial charge in [-0.15, -0.1) is 0 Å². The molecule has 3 heteroatoms. The van der Waals surface area contributed by atoms with Gasteiger partial charge < -0.3 is 9.84 Å². The minimum atomic E-state index is -0.0767. The summed E-state index contributed by atoms with van der Waals surface area (Å²) in [6, 6.07) is 0.